The molecule has 1 aromatic heterocycles. The molecule has 3 aromatic rings. The van der Waals surface area contributed by atoms with Crippen LogP contribution in [0.1, 0.15) is 16.7 Å². The summed E-state index contributed by atoms with van der Waals surface area (Å²) in [7, 11) is 0. The molecular formula is C19H15N3O. The van der Waals surface area contributed by atoms with E-state index in [4.69, 9.17) is 0 Å². The number of rotatable bonds is 3. The van der Waals surface area contributed by atoms with Gasteiger partial charge in [0, 0.05) is 36.4 Å². The molecule has 4 nitrogen and oxygen atoms in total. The third kappa shape index (κ3) is 2.48. The van der Waals surface area contributed by atoms with Gasteiger partial charge < -0.3 is 5.21 Å². The van der Waals surface area contributed by atoms with Crippen LogP contribution in [0.15, 0.2) is 64.9 Å². The molecule has 2 heterocycles. The molecule has 0 saturated heterocycles. The zero-order valence-electron chi connectivity index (χ0n) is 12.5. The van der Waals surface area contributed by atoms with Crippen molar-refractivity contribution in [2.45, 2.75) is 12.8 Å². The van der Waals surface area contributed by atoms with Crippen molar-refractivity contribution in [2.75, 3.05) is 0 Å². The lowest BCUT2D eigenvalue weighted by molar-refractivity contribution is 0.318. The highest BCUT2D eigenvalue weighted by Gasteiger charge is 2.17. The first-order chi connectivity index (χ1) is 11.3. The molecule has 1 aliphatic rings. The molecule has 0 bridgehead atoms. The molecule has 1 N–H and O–H groups in total. The van der Waals surface area contributed by atoms with Crippen molar-refractivity contribution in [3.8, 4) is 0 Å². The fraction of sp³-hybridized carbons (Fsp3) is 0.105. The number of pyridine rings is 1. The lowest BCUT2D eigenvalue weighted by Gasteiger charge is -2.10. The van der Waals surface area contributed by atoms with Gasteiger partial charge in [-0.05, 0) is 22.4 Å². The molecule has 4 rings (SSSR count). The van der Waals surface area contributed by atoms with Gasteiger partial charge in [0.2, 0.25) is 0 Å². The Bertz CT molecular complexity index is 944. The van der Waals surface area contributed by atoms with Crippen molar-refractivity contribution >= 4 is 28.5 Å². The SMILES string of the molecule is O/N=C(\Cc1ccc2ccccc2c1)c1ccnc2c1CC=N2. The van der Waals surface area contributed by atoms with Crippen molar-refractivity contribution in [3.63, 3.8) is 0 Å². The molecule has 2 aromatic carbocycles. The Morgan fingerprint density at radius 1 is 1.09 bits per heavy atom. The smallest absolute Gasteiger partial charge is 0.155 e. The second-order valence-corrected chi connectivity index (χ2v) is 5.58. The number of benzene rings is 2. The van der Waals surface area contributed by atoms with E-state index in [1.54, 1.807) is 6.20 Å². The second-order valence-electron chi connectivity index (χ2n) is 5.58. The summed E-state index contributed by atoms with van der Waals surface area (Å²) in [5.41, 5.74) is 3.70. The maximum atomic E-state index is 9.51. The number of aliphatic imine (C=N–C) groups is 1. The molecule has 0 radical (unpaired) electrons. The van der Waals surface area contributed by atoms with Gasteiger partial charge in [0.15, 0.2) is 5.82 Å². The fourth-order valence-electron chi connectivity index (χ4n) is 3.01. The number of hydrogen-bond donors (Lipinski definition) is 1. The van der Waals surface area contributed by atoms with Gasteiger partial charge in [-0.1, -0.05) is 47.6 Å². The molecule has 4 heteroatoms. The third-order valence-corrected chi connectivity index (χ3v) is 4.16. The molecule has 0 fully saturated rings. The highest BCUT2D eigenvalue weighted by atomic mass is 16.4. The Labute approximate surface area is 133 Å². The first-order valence-electron chi connectivity index (χ1n) is 7.54. The van der Waals surface area contributed by atoms with Crippen molar-refractivity contribution in [3.05, 3.63) is 71.4 Å². The van der Waals surface area contributed by atoms with Gasteiger partial charge in [0.25, 0.3) is 0 Å². The average Bonchev–Trinajstić information content (AvgIpc) is 3.08. The van der Waals surface area contributed by atoms with E-state index >= 15 is 0 Å². The summed E-state index contributed by atoms with van der Waals surface area (Å²) in [4.78, 5) is 8.50. The van der Waals surface area contributed by atoms with Crippen molar-refractivity contribution < 1.29 is 5.21 Å². The van der Waals surface area contributed by atoms with Crippen LogP contribution >= 0.6 is 0 Å². The minimum Gasteiger partial charge on any atom is -0.411 e. The molecule has 0 aliphatic carbocycles. The summed E-state index contributed by atoms with van der Waals surface area (Å²) >= 11 is 0. The van der Waals surface area contributed by atoms with Crippen LogP contribution in [0.3, 0.4) is 0 Å². The van der Waals surface area contributed by atoms with E-state index in [9.17, 15) is 5.21 Å². The van der Waals surface area contributed by atoms with Crippen molar-refractivity contribution in [1.29, 1.82) is 0 Å². The second kappa shape index (κ2) is 5.65. The third-order valence-electron chi connectivity index (χ3n) is 4.16. The van der Waals surface area contributed by atoms with E-state index in [2.05, 4.69) is 45.5 Å². The Morgan fingerprint density at radius 2 is 1.96 bits per heavy atom. The van der Waals surface area contributed by atoms with Gasteiger partial charge in [-0.2, -0.15) is 0 Å². The first kappa shape index (κ1) is 13.6. The molecule has 0 amide bonds. The average molecular weight is 301 g/mol. The van der Waals surface area contributed by atoms with E-state index in [1.165, 1.54) is 10.8 Å². The Balaban J connectivity index is 1.70. The topological polar surface area (TPSA) is 57.8 Å². The van der Waals surface area contributed by atoms with Crippen LogP contribution in [0.2, 0.25) is 0 Å². The summed E-state index contributed by atoms with van der Waals surface area (Å²) in [6.07, 6.45) is 4.85. The van der Waals surface area contributed by atoms with Crippen LogP contribution in [0, 0.1) is 0 Å². The van der Waals surface area contributed by atoms with E-state index < -0.39 is 0 Å². The van der Waals surface area contributed by atoms with E-state index in [0.29, 0.717) is 12.1 Å². The minimum atomic E-state index is 0.567. The summed E-state index contributed by atoms with van der Waals surface area (Å²) in [6.45, 7) is 0. The van der Waals surface area contributed by atoms with Crippen LogP contribution in [0.25, 0.3) is 10.8 Å². The predicted octanol–water partition coefficient (Wildman–Crippen LogP) is 3.91. The minimum absolute atomic E-state index is 0.567. The normalized spacial score (nSPS) is 13.5. The van der Waals surface area contributed by atoms with Crippen LogP contribution in [-0.2, 0) is 12.8 Å². The highest BCUT2D eigenvalue weighted by molar-refractivity contribution is 6.04. The van der Waals surface area contributed by atoms with Crippen LogP contribution in [0.4, 0.5) is 5.82 Å². The standard InChI is InChI=1S/C19H15N3O/c23-22-18(16-7-9-20-19-17(16)8-10-21-19)12-13-5-6-14-3-1-2-4-15(14)11-13/h1-7,9-11,23H,8,12H2/b22-18+. The van der Waals surface area contributed by atoms with Crippen molar-refractivity contribution in [2.24, 2.45) is 10.1 Å². The van der Waals surface area contributed by atoms with Gasteiger partial charge in [0.05, 0.1) is 5.71 Å². The predicted molar refractivity (Wildman–Crippen MR) is 92.1 cm³/mol. The number of fused-ring (bicyclic) bond motifs is 2. The molecule has 1 aliphatic heterocycles. The van der Waals surface area contributed by atoms with E-state index in [0.717, 1.165) is 28.9 Å². The summed E-state index contributed by atoms with van der Waals surface area (Å²) < 4.78 is 0. The lowest BCUT2D eigenvalue weighted by atomic mass is 9.96. The Morgan fingerprint density at radius 3 is 2.83 bits per heavy atom. The van der Waals surface area contributed by atoms with Crippen LogP contribution in [0.5, 0.6) is 0 Å². The largest absolute Gasteiger partial charge is 0.411 e. The highest BCUT2D eigenvalue weighted by Crippen LogP contribution is 2.26. The molecule has 23 heavy (non-hydrogen) atoms. The fourth-order valence-corrected chi connectivity index (χ4v) is 3.01. The molecule has 112 valence electrons. The van der Waals surface area contributed by atoms with Gasteiger partial charge >= 0.3 is 0 Å². The zero-order valence-corrected chi connectivity index (χ0v) is 12.5. The van der Waals surface area contributed by atoms with Gasteiger partial charge in [-0.15, -0.1) is 0 Å². The van der Waals surface area contributed by atoms with Crippen LogP contribution in [-0.4, -0.2) is 22.1 Å². The number of hydrogen-bond acceptors (Lipinski definition) is 4. The van der Waals surface area contributed by atoms with E-state index in [-0.39, 0.29) is 0 Å². The first-order valence-corrected chi connectivity index (χ1v) is 7.54. The Hall–Kier alpha value is -3.01. The summed E-state index contributed by atoms with van der Waals surface area (Å²) in [5, 5.41) is 15.4. The van der Waals surface area contributed by atoms with Crippen LogP contribution < -0.4 is 0 Å². The van der Waals surface area contributed by atoms with Gasteiger partial charge in [-0.25, -0.2) is 9.98 Å². The summed E-state index contributed by atoms with van der Waals surface area (Å²) in [5.74, 6) is 0.724. The molecule has 0 spiro atoms. The lowest BCUT2D eigenvalue weighted by Crippen LogP contribution is -2.09. The maximum absolute atomic E-state index is 9.51. The van der Waals surface area contributed by atoms with Gasteiger partial charge in [0.1, 0.15) is 0 Å². The molecule has 0 saturated carbocycles. The zero-order chi connectivity index (χ0) is 15.6. The summed E-state index contributed by atoms with van der Waals surface area (Å²) in [6, 6.07) is 16.4. The number of aromatic nitrogens is 1. The van der Waals surface area contributed by atoms with Gasteiger partial charge in [-0.3, -0.25) is 0 Å². The molecule has 0 atom stereocenters. The van der Waals surface area contributed by atoms with Crippen molar-refractivity contribution in [1.82, 2.24) is 4.98 Å². The molecule has 0 unspecified atom stereocenters. The number of oxime groups is 1. The van der Waals surface area contributed by atoms with E-state index in [1.807, 2.05) is 24.4 Å². The number of nitrogens with zero attached hydrogens (tertiary/aromatic N) is 3. The monoisotopic (exact) mass is 301 g/mol. The quantitative estimate of drug-likeness (QED) is 0.453. The maximum Gasteiger partial charge on any atom is 0.155 e. The Kier molecular flexibility index (Phi) is 3.35. The molecular weight excluding hydrogens is 286 g/mol.